The highest BCUT2D eigenvalue weighted by molar-refractivity contribution is 7.09. The zero-order valence-corrected chi connectivity index (χ0v) is 11.7. The second-order valence-electron chi connectivity index (χ2n) is 4.66. The van der Waals surface area contributed by atoms with E-state index in [0.717, 1.165) is 36.3 Å². The van der Waals surface area contributed by atoms with Gasteiger partial charge in [0.25, 0.3) is 0 Å². The number of thiazole rings is 1. The van der Waals surface area contributed by atoms with Crippen LogP contribution in [-0.2, 0) is 6.42 Å². The summed E-state index contributed by atoms with van der Waals surface area (Å²) in [6, 6.07) is 7.89. The first kappa shape index (κ1) is 13.1. The first-order valence-electron chi connectivity index (χ1n) is 6.10. The number of hydrogen-bond acceptors (Lipinski definition) is 4. The van der Waals surface area contributed by atoms with Crippen molar-refractivity contribution < 1.29 is 0 Å². The van der Waals surface area contributed by atoms with Gasteiger partial charge in [-0.25, -0.2) is 4.98 Å². The monoisotopic (exact) mass is 261 g/mol. The van der Waals surface area contributed by atoms with E-state index in [2.05, 4.69) is 35.4 Å². The molecule has 1 aromatic heterocycles. The molecule has 0 aliphatic rings. The highest BCUT2D eigenvalue weighted by atomic mass is 32.1. The minimum Gasteiger partial charge on any atom is -0.399 e. The second kappa shape index (κ2) is 5.98. The maximum atomic E-state index is 5.79. The molecule has 0 atom stereocenters. The van der Waals surface area contributed by atoms with E-state index < -0.39 is 0 Å². The number of nitrogens with zero attached hydrogens (tertiary/aromatic N) is 2. The summed E-state index contributed by atoms with van der Waals surface area (Å²) in [5, 5.41) is 3.31. The fraction of sp³-hybridized carbons (Fsp3) is 0.357. The van der Waals surface area contributed by atoms with E-state index in [9.17, 15) is 0 Å². The Balaban J connectivity index is 2.02. The molecule has 2 aromatic rings. The Kier molecular flexibility index (Phi) is 4.33. The molecule has 0 amide bonds. The summed E-state index contributed by atoms with van der Waals surface area (Å²) in [7, 11) is 4.19. The van der Waals surface area contributed by atoms with Crippen molar-refractivity contribution >= 4 is 17.0 Å². The van der Waals surface area contributed by atoms with Crippen molar-refractivity contribution in [2.45, 2.75) is 12.8 Å². The fourth-order valence-corrected chi connectivity index (χ4v) is 2.65. The quantitative estimate of drug-likeness (QED) is 0.842. The molecule has 2 rings (SSSR count). The summed E-state index contributed by atoms with van der Waals surface area (Å²) >= 11 is 1.73. The van der Waals surface area contributed by atoms with E-state index in [0.29, 0.717) is 0 Å². The molecule has 4 heteroatoms. The molecule has 0 aliphatic carbocycles. The average Bonchev–Trinajstić information content (AvgIpc) is 2.77. The van der Waals surface area contributed by atoms with Crippen LogP contribution in [0.5, 0.6) is 0 Å². The number of aromatic nitrogens is 1. The molecule has 0 radical (unpaired) electrons. The number of hydrogen-bond donors (Lipinski definition) is 1. The third-order valence-electron chi connectivity index (χ3n) is 2.73. The normalized spacial score (nSPS) is 11.1. The first-order valence-corrected chi connectivity index (χ1v) is 6.98. The number of benzene rings is 1. The van der Waals surface area contributed by atoms with E-state index in [-0.39, 0.29) is 0 Å². The van der Waals surface area contributed by atoms with E-state index in [1.807, 2.05) is 18.2 Å². The van der Waals surface area contributed by atoms with Crippen LogP contribution in [0, 0.1) is 0 Å². The summed E-state index contributed by atoms with van der Waals surface area (Å²) in [6.07, 6.45) is 2.20. The Bertz CT molecular complexity index is 505. The molecule has 0 unspecified atom stereocenters. The Morgan fingerprint density at radius 1 is 1.33 bits per heavy atom. The van der Waals surface area contributed by atoms with E-state index in [1.165, 1.54) is 5.01 Å². The molecule has 0 saturated heterocycles. The lowest BCUT2D eigenvalue weighted by molar-refractivity contribution is 0.400. The lowest BCUT2D eigenvalue weighted by Crippen LogP contribution is -2.13. The van der Waals surface area contributed by atoms with E-state index >= 15 is 0 Å². The zero-order chi connectivity index (χ0) is 13.0. The van der Waals surface area contributed by atoms with Gasteiger partial charge in [0, 0.05) is 23.1 Å². The average molecular weight is 261 g/mol. The third-order valence-corrected chi connectivity index (χ3v) is 3.64. The minimum atomic E-state index is 0.787. The summed E-state index contributed by atoms with van der Waals surface area (Å²) in [4.78, 5) is 6.86. The second-order valence-corrected chi connectivity index (χ2v) is 5.60. The predicted molar refractivity (Wildman–Crippen MR) is 78.8 cm³/mol. The fourth-order valence-electron chi connectivity index (χ4n) is 1.80. The van der Waals surface area contributed by atoms with Crippen LogP contribution in [0.15, 0.2) is 29.6 Å². The molecular formula is C14H19N3S. The minimum absolute atomic E-state index is 0.787. The van der Waals surface area contributed by atoms with Crippen molar-refractivity contribution in [2.75, 3.05) is 26.4 Å². The highest BCUT2D eigenvalue weighted by Gasteiger charge is 2.05. The maximum absolute atomic E-state index is 5.79. The molecule has 0 aliphatic heterocycles. The molecule has 3 nitrogen and oxygen atoms in total. The molecule has 0 saturated carbocycles. The van der Waals surface area contributed by atoms with Crippen LogP contribution in [0.2, 0.25) is 0 Å². The van der Waals surface area contributed by atoms with Gasteiger partial charge in [-0.05, 0) is 39.2 Å². The topological polar surface area (TPSA) is 42.2 Å². The lowest BCUT2D eigenvalue weighted by atomic mass is 10.1. The van der Waals surface area contributed by atoms with Crippen molar-refractivity contribution in [2.24, 2.45) is 0 Å². The van der Waals surface area contributed by atoms with Crippen molar-refractivity contribution in [1.29, 1.82) is 0 Å². The Hall–Kier alpha value is -1.39. The summed E-state index contributed by atoms with van der Waals surface area (Å²) in [6.45, 7) is 1.10. The van der Waals surface area contributed by atoms with Crippen LogP contribution in [-0.4, -0.2) is 30.5 Å². The largest absolute Gasteiger partial charge is 0.399 e. The Morgan fingerprint density at radius 2 is 2.17 bits per heavy atom. The van der Waals surface area contributed by atoms with Crippen LogP contribution in [0.25, 0.3) is 11.3 Å². The van der Waals surface area contributed by atoms with Crippen LogP contribution in [0.3, 0.4) is 0 Å². The van der Waals surface area contributed by atoms with Crippen molar-refractivity contribution in [3.05, 3.63) is 34.7 Å². The number of aryl methyl sites for hydroxylation is 1. The standard InChI is InChI=1S/C14H19N3S/c1-17(2)8-4-7-14-16-13(10-18-14)11-5-3-6-12(15)9-11/h3,5-6,9-10H,4,7-8,15H2,1-2H3. The molecule has 1 aromatic carbocycles. The van der Waals surface area contributed by atoms with E-state index in [1.54, 1.807) is 11.3 Å². The Labute approximate surface area is 112 Å². The highest BCUT2D eigenvalue weighted by Crippen LogP contribution is 2.24. The van der Waals surface area contributed by atoms with Crippen molar-refractivity contribution in [3.63, 3.8) is 0 Å². The lowest BCUT2D eigenvalue weighted by Gasteiger charge is -2.07. The van der Waals surface area contributed by atoms with Gasteiger partial charge in [-0.2, -0.15) is 0 Å². The van der Waals surface area contributed by atoms with Crippen LogP contribution < -0.4 is 5.73 Å². The number of nitrogen functional groups attached to an aromatic ring is 1. The van der Waals surface area contributed by atoms with Gasteiger partial charge >= 0.3 is 0 Å². The summed E-state index contributed by atoms with van der Waals surface area (Å²) < 4.78 is 0. The number of anilines is 1. The van der Waals surface area contributed by atoms with E-state index in [4.69, 9.17) is 5.73 Å². The number of nitrogens with two attached hydrogens (primary N) is 1. The molecular weight excluding hydrogens is 242 g/mol. The van der Waals surface area contributed by atoms with Gasteiger partial charge in [-0.1, -0.05) is 12.1 Å². The SMILES string of the molecule is CN(C)CCCc1nc(-c2cccc(N)c2)cs1. The summed E-state index contributed by atoms with van der Waals surface area (Å²) in [5.41, 5.74) is 8.71. The first-order chi connectivity index (χ1) is 8.65. The van der Waals surface area contributed by atoms with Gasteiger partial charge in [0.1, 0.15) is 0 Å². The molecule has 0 fully saturated rings. The summed E-state index contributed by atoms with van der Waals surface area (Å²) in [5.74, 6) is 0. The molecule has 96 valence electrons. The predicted octanol–water partition coefficient (Wildman–Crippen LogP) is 2.89. The van der Waals surface area contributed by atoms with Gasteiger partial charge in [0.15, 0.2) is 0 Å². The van der Waals surface area contributed by atoms with Gasteiger partial charge in [-0.15, -0.1) is 11.3 Å². The molecule has 18 heavy (non-hydrogen) atoms. The van der Waals surface area contributed by atoms with Crippen molar-refractivity contribution in [1.82, 2.24) is 9.88 Å². The maximum Gasteiger partial charge on any atom is 0.0933 e. The molecule has 2 N–H and O–H groups in total. The van der Waals surface area contributed by atoms with Crippen molar-refractivity contribution in [3.8, 4) is 11.3 Å². The Morgan fingerprint density at radius 3 is 2.89 bits per heavy atom. The molecule has 1 heterocycles. The van der Waals surface area contributed by atoms with Crippen LogP contribution in [0.1, 0.15) is 11.4 Å². The smallest absolute Gasteiger partial charge is 0.0933 e. The third kappa shape index (κ3) is 3.55. The van der Waals surface area contributed by atoms with Gasteiger partial charge in [0.2, 0.25) is 0 Å². The van der Waals surface area contributed by atoms with Crippen LogP contribution in [0.4, 0.5) is 5.69 Å². The van der Waals surface area contributed by atoms with Gasteiger partial charge < -0.3 is 10.6 Å². The zero-order valence-electron chi connectivity index (χ0n) is 10.9. The van der Waals surface area contributed by atoms with Gasteiger partial charge in [-0.3, -0.25) is 0 Å². The number of rotatable bonds is 5. The molecule has 0 spiro atoms. The molecule has 0 bridgehead atoms. The van der Waals surface area contributed by atoms with Crippen LogP contribution >= 0.6 is 11.3 Å². The van der Waals surface area contributed by atoms with Gasteiger partial charge in [0.05, 0.1) is 10.7 Å².